The van der Waals surface area contributed by atoms with Crippen molar-refractivity contribution in [2.24, 2.45) is 0 Å². The van der Waals surface area contributed by atoms with Gasteiger partial charge < -0.3 is 10.1 Å². The molecule has 9 nitrogen and oxygen atoms in total. The fraction of sp³-hybridized carbons (Fsp3) is 0.158. The number of nitro benzene ring substituents is 1. The molecular formula is C19H16N4O5S. The molecule has 2 heterocycles. The van der Waals surface area contributed by atoms with Crippen molar-refractivity contribution in [3.8, 4) is 10.7 Å². The zero-order valence-electron chi connectivity index (χ0n) is 15.3. The highest BCUT2D eigenvalue weighted by Gasteiger charge is 2.22. The Labute approximate surface area is 169 Å². The molecule has 1 atom stereocenters. The van der Waals surface area contributed by atoms with Crippen LogP contribution >= 0.6 is 11.3 Å². The van der Waals surface area contributed by atoms with E-state index in [1.165, 1.54) is 36.5 Å². The van der Waals surface area contributed by atoms with Gasteiger partial charge in [0, 0.05) is 17.6 Å². The van der Waals surface area contributed by atoms with Crippen molar-refractivity contribution in [2.75, 3.05) is 5.32 Å². The number of nitro groups is 1. The minimum absolute atomic E-state index is 0.0323. The Bertz CT molecular complexity index is 1040. The number of rotatable bonds is 7. The van der Waals surface area contributed by atoms with Crippen LogP contribution in [0, 0.1) is 10.1 Å². The second kappa shape index (κ2) is 9.02. The van der Waals surface area contributed by atoms with E-state index in [9.17, 15) is 19.7 Å². The van der Waals surface area contributed by atoms with Gasteiger partial charge in [-0.05, 0) is 25.1 Å². The number of anilines is 1. The maximum absolute atomic E-state index is 12.2. The second-order valence-electron chi connectivity index (χ2n) is 5.93. The molecule has 0 fully saturated rings. The highest BCUT2D eigenvalue weighted by atomic mass is 32.1. The summed E-state index contributed by atoms with van der Waals surface area (Å²) in [4.78, 5) is 43.3. The lowest BCUT2D eigenvalue weighted by Crippen LogP contribution is -2.30. The first-order valence-corrected chi connectivity index (χ1v) is 9.41. The molecule has 0 aliphatic rings. The summed E-state index contributed by atoms with van der Waals surface area (Å²) in [5.41, 5.74) is 0.995. The SMILES string of the molecule is CC(OC(=O)Cc1csc(-c2ccccn2)n1)C(=O)Nc1ccccc1[N+](=O)[O-]. The summed E-state index contributed by atoms with van der Waals surface area (Å²) in [6.45, 7) is 1.39. The Morgan fingerprint density at radius 1 is 1.24 bits per heavy atom. The van der Waals surface area contributed by atoms with Crippen molar-refractivity contribution in [1.29, 1.82) is 0 Å². The number of hydrogen-bond donors (Lipinski definition) is 1. The van der Waals surface area contributed by atoms with Crippen LogP contribution in [0.4, 0.5) is 11.4 Å². The van der Waals surface area contributed by atoms with Gasteiger partial charge in [-0.3, -0.25) is 24.7 Å². The topological polar surface area (TPSA) is 124 Å². The van der Waals surface area contributed by atoms with Crippen molar-refractivity contribution in [3.05, 3.63) is 69.8 Å². The van der Waals surface area contributed by atoms with E-state index >= 15 is 0 Å². The molecule has 148 valence electrons. The molecule has 10 heteroatoms. The average Bonchev–Trinajstić information content (AvgIpc) is 3.17. The van der Waals surface area contributed by atoms with E-state index < -0.39 is 22.9 Å². The quantitative estimate of drug-likeness (QED) is 0.359. The van der Waals surface area contributed by atoms with Gasteiger partial charge in [0.25, 0.3) is 11.6 Å². The van der Waals surface area contributed by atoms with Gasteiger partial charge >= 0.3 is 5.97 Å². The third kappa shape index (κ3) is 5.20. The number of nitrogens with one attached hydrogen (secondary N) is 1. The summed E-state index contributed by atoms with van der Waals surface area (Å²) in [6.07, 6.45) is 0.422. The first kappa shape index (κ1) is 20.1. The number of aromatic nitrogens is 2. The fourth-order valence-corrected chi connectivity index (χ4v) is 3.20. The van der Waals surface area contributed by atoms with Gasteiger partial charge in [0.05, 0.1) is 22.7 Å². The van der Waals surface area contributed by atoms with Crippen LogP contribution in [0.5, 0.6) is 0 Å². The van der Waals surface area contributed by atoms with Gasteiger partial charge in [-0.25, -0.2) is 4.98 Å². The lowest BCUT2D eigenvalue weighted by Gasteiger charge is -2.13. The van der Waals surface area contributed by atoms with E-state index in [4.69, 9.17) is 4.74 Å². The first-order chi connectivity index (χ1) is 13.9. The molecule has 0 radical (unpaired) electrons. The maximum Gasteiger partial charge on any atom is 0.312 e. The Morgan fingerprint density at radius 2 is 2.00 bits per heavy atom. The highest BCUT2D eigenvalue weighted by molar-refractivity contribution is 7.13. The molecule has 0 bridgehead atoms. The lowest BCUT2D eigenvalue weighted by molar-refractivity contribution is -0.383. The molecule has 3 aromatic rings. The Kier molecular flexibility index (Phi) is 6.25. The molecule has 2 aromatic heterocycles. The number of para-hydroxylation sites is 2. The number of carbonyl (C=O) groups excluding carboxylic acids is 2. The normalized spacial score (nSPS) is 11.5. The van der Waals surface area contributed by atoms with Crippen LogP contribution < -0.4 is 5.32 Å². The van der Waals surface area contributed by atoms with Crippen molar-refractivity contribution < 1.29 is 19.2 Å². The van der Waals surface area contributed by atoms with Gasteiger partial charge in [-0.2, -0.15) is 0 Å². The minimum Gasteiger partial charge on any atom is -0.452 e. The van der Waals surface area contributed by atoms with Gasteiger partial charge in [0.15, 0.2) is 6.10 Å². The number of amides is 1. The Hall–Kier alpha value is -3.66. The standard InChI is InChI=1S/C19H16N4O5S/c1-12(18(25)22-14-6-2-3-8-16(14)23(26)27)28-17(24)10-13-11-29-19(21-13)15-7-4-5-9-20-15/h2-9,11-12H,10H2,1H3,(H,22,25). The summed E-state index contributed by atoms with van der Waals surface area (Å²) in [5.74, 6) is -1.30. The summed E-state index contributed by atoms with van der Waals surface area (Å²) in [5, 5.41) is 15.8. The van der Waals surface area contributed by atoms with Gasteiger partial charge in [0.1, 0.15) is 10.7 Å². The van der Waals surface area contributed by atoms with Crippen molar-refractivity contribution >= 4 is 34.6 Å². The van der Waals surface area contributed by atoms with Crippen LogP contribution in [0.15, 0.2) is 54.0 Å². The van der Waals surface area contributed by atoms with Crippen LogP contribution in [0.1, 0.15) is 12.6 Å². The van der Waals surface area contributed by atoms with Crippen LogP contribution in [-0.4, -0.2) is 32.9 Å². The monoisotopic (exact) mass is 412 g/mol. The minimum atomic E-state index is -1.13. The highest BCUT2D eigenvalue weighted by Crippen LogP contribution is 2.24. The zero-order chi connectivity index (χ0) is 20.8. The van der Waals surface area contributed by atoms with Crippen molar-refractivity contribution in [2.45, 2.75) is 19.4 Å². The fourth-order valence-electron chi connectivity index (χ4n) is 2.41. The first-order valence-electron chi connectivity index (χ1n) is 8.53. The molecule has 0 saturated heterocycles. The van der Waals surface area contributed by atoms with E-state index in [0.717, 1.165) is 0 Å². The molecule has 0 aliphatic heterocycles. The zero-order valence-corrected chi connectivity index (χ0v) is 16.1. The predicted octanol–water partition coefficient (Wildman–Crippen LogP) is 3.23. The van der Waals surface area contributed by atoms with Crippen LogP contribution in [0.2, 0.25) is 0 Å². The smallest absolute Gasteiger partial charge is 0.312 e. The molecule has 0 aliphatic carbocycles. The third-order valence-electron chi connectivity index (χ3n) is 3.80. The average molecular weight is 412 g/mol. The van der Waals surface area contributed by atoms with Gasteiger partial charge in [-0.15, -0.1) is 11.3 Å². The largest absolute Gasteiger partial charge is 0.452 e. The molecule has 1 unspecified atom stereocenters. The van der Waals surface area contributed by atoms with E-state index in [1.807, 2.05) is 12.1 Å². The van der Waals surface area contributed by atoms with Crippen molar-refractivity contribution in [3.63, 3.8) is 0 Å². The number of carbonyl (C=O) groups is 2. The molecule has 29 heavy (non-hydrogen) atoms. The van der Waals surface area contributed by atoms with Crippen LogP contribution in [0.25, 0.3) is 10.7 Å². The molecule has 3 rings (SSSR count). The van der Waals surface area contributed by atoms with E-state index in [0.29, 0.717) is 16.4 Å². The number of thiazole rings is 1. The summed E-state index contributed by atoms with van der Waals surface area (Å²) < 4.78 is 5.13. The summed E-state index contributed by atoms with van der Waals surface area (Å²) >= 11 is 1.35. The van der Waals surface area contributed by atoms with Gasteiger partial charge in [0.2, 0.25) is 0 Å². The number of hydrogen-bond acceptors (Lipinski definition) is 8. The third-order valence-corrected chi connectivity index (χ3v) is 4.71. The molecule has 1 amide bonds. The number of ether oxygens (including phenoxy) is 1. The number of pyridine rings is 1. The molecule has 0 saturated carbocycles. The molecule has 0 spiro atoms. The number of nitrogens with zero attached hydrogens (tertiary/aromatic N) is 3. The van der Waals surface area contributed by atoms with Crippen LogP contribution in [0.3, 0.4) is 0 Å². The molecular weight excluding hydrogens is 396 g/mol. The predicted molar refractivity (Wildman–Crippen MR) is 106 cm³/mol. The second-order valence-corrected chi connectivity index (χ2v) is 6.79. The van der Waals surface area contributed by atoms with Crippen LogP contribution in [-0.2, 0) is 20.7 Å². The van der Waals surface area contributed by atoms with Crippen molar-refractivity contribution in [1.82, 2.24) is 9.97 Å². The molecule has 1 aromatic carbocycles. The lowest BCUT2D eigenvalue weighted by atomic mass is 10.2. The van der Waals surface area contributed by atoms with Gasteiger partial charge in [-0.1, -0.05) is 18.2 Å². The maximum atomic E-state index is 12.2. The Morgan fingerprint density at radius 3 is 2.72 bits per heavy atom. The number of esters is 1. The van der Waals surface area contributed by atoms with E-state index in [-0.39, 0.29) is 17.8 Å². The summed E-state index contributed by atoms with van der Waals surface area (Å²) in [7, 11) is 0. The Balaban J connectivity index is 1.57. The number of benzene rings is 1. The summed E-state index contributed by atoms with van der Waals surface area (Å²) in [6, 6.07) is 11.2. The molecule has 1 N–H and O–H groups in total. The van der Waals surface area contributed by atoms with E-state index in [2.05, 4.69) is 15.3 Å². The van der Waals surface area contributed by atoms with E-state index in [1.54, 1.807) is 23.7 Å².